The second-order valence-electron chi connectivity index (χ2n) is 7.41. The fraction of sp³-hybridized carbons (Fsp3) is 0.545. The van der Waals surface area contributed by atoms with Gasteiger partial charge in [-0.3, -0.25) is 9.67 Å². The molecule has 5 nitrogen and oxygen atoms in total. The summed E-state index contributed by atoms with van der Waals surface area (Å²) in [4.78, 5) is 7.29. The van der Waals surface area contributed by atoms with Gasteiger partial charge in [-0.05, 0) is 43.7 Å². The van der Waals surface area contributed by atoms with E-state index in [0.29, 0.717) is 5.92 Å². The first-order valence-corrected chi connectivity index (χ1v) is 10.3. The van der Waals surface area contributed by atoms with Gasteiger partial charge in [0, 0.05) is 45.3 Å². The van der Waals surface area contributed by atoms with Crippen molar-refractivity contribution < 1.29 is 0 Å². The van der Waals surface area contributed by atoms with Gasteiger partial charge in [0.2, 0.25) is 0 Å². The normalized spacial score (nSPS) is 16.9. The molecule has 1 saturated heterocycles. The fourth-order valence-corrected chi connectivity index (χ4v) is 3.75. The molecule has 154 valence electrons. The van der Waals surface area contributed by atoms with Crippen molar-refractivity contribution in [3.8, 4) is 0 Å². The van der Waals surface area contributed by atoms with Crippen LogP contribution in [0.25, 0.3) is 0 Å². The first kappa shape index (κ1) is 22.7. The number of aliphatic imine (C=N–C) groups is 1. The van der Waals surface area contributed by atoms with Crippen LogP contribution in [0.4, 0.5) is 0 Å². The molecule has 1 fully saturated rings. The zero-order valence-corrected chi connectivity index (χ0v) is 19.5. The lowest BCUT2D eigenvalue weighted by atomic mass is 10.0. The first-order chi connectivity index (χ1) is 13.3. The average Bonchev–Trinajstić information content (AvgIpc) is 3.33. The molecule has 1 aliphatic rings. The molecular weight excluding hydrogens is 461 g/mol. The predicted molar refractivity (Wildman–Crippen MR) is 128 cm³/mol. The summed E-state index contributed by atoms with van der Waals surface area (Å²) in [5.74, 6) is 1.64. The van der Waals surface area contributed by atoms with Gasteiger partial charge in [0.05, 0.1) is 6.20 Å². The van der Waals surface area contributed by atoms with E-state index in [1.165, 1.54) is 36.8 Å². The highest BCUT2D eigenvalue weighted by Crippen LogP contribution is 2.26. The van der Waals surface area contributed by atoms with E-state index in [1.807, 2.05) is 17.9 Å². The molecule has 1 aromatic carbocycles. The Morgan fingerprint density at radius 2 is 2.04 bits per heavy atom. The maximum atomic E-state index is 4.88. The summed E-state index contributed by atoms with van der Waals surface area (Å²) in [5.41, 5.74) is 2.78. The number of likely N-dealkylation sites (tertiary alicyclic amines) is 1. The quantitative estimate of drug-likeness (QED) is 0.258. The number of halogens is 1. The van der Waals surface area contributed by atoms with Gasteiger partial charge in [0.25, 0.3) is 0 Å². The van der Waals surface area contributed by atoms with Gasteiger partial charge >= 0.3 is 0 Å². The van der Waals surface area contributed by atoms with Crippen LogP contribution in [0.15, 0.2) is 47.7 Å². The molecule has 28 heavy (non-hydrogen) atoms. The Morgan fingerprint density at radius 1 is 1.21 bits per heavy atom. The number of aromatic nitrogens is 2. The SMILES string of the molecule is CCNC(=NCCCCCc1ccccc1)N1CCC(c2cnn(C)c2)C1.I. The molecule has 1 atom stereocenters. The molecule has 2 heterocycles. The lowest BCUT2D eigenvalue weighted by Crippen LogP contribution is -2.40. The maximum Gasteiger partial charge on any atom is 0.193 e. The number of aryl methyl sites for hydroxylation is 2. The van der Waals surface area contributed by atoms with Crippen molar-refractivity contribution in [2.75, 3.05) is 26.2 Å². The molecule has 1 N–H and O–H groups in total. The largest absolute Gasteiger partial charge is 0.357 e. The monoisotopic (exact) mass is 495 g/mol. The van der Waals surface area contributed by atoms with E-state index in [-0.39, 0.29) is 24.0 Å². The molecule has 1 aliphatic heterocycles. The van der Waals surface area contributed by atoms with Gasteiger partial charge in [-0.25, -0.2) is 0 Å². The topological polar surface area (TPSA) is 45.5 Å². The van der Waals surface area contributed by atoms with Gasteiger partial charge in [-0.1, -0.05) is 36.8 Å². The van der Waals surface area contributed by atoms with Crippen molar-refractivity contribution in [3.63, 3.8) is 0 Å². The van der Waals surface area contributed by atoms with Crippen LogP contribution in [0.5, 0.6) is 0 Å². The lowest BCUT2D eigenvalue weighted by Gasteiger charge is -2.21. The van der Waals surface area contributed by atoms with Crippen molar-refractivity contribution in [1.29, 1.82) is 0 Å². The minimum Gasteiger partial charge on any atom is -0.357 e. The Bertz CT molecular complexity index is 713. The number of unbranched alkanes of at least 4 members (excludes halogenated alkanes) is 2. The van der Waals surface area contributed by atoms with Crippen molar-refractivity contribution in [2.45, 2.75) is 44.9 Å². The van der Waals surface area contributed by atoms with E-state index >= 15 is 0 Å². The van der Waals surface area contributed by atoms with Crippen molar-refractivity contribution in [1.82, 2.24) is 20.0 Å². The molecular formula is C22H34IN5. The summed E-state index contributed by atoms with van der Waals surface area (Å²) in [6.07, 6.45) is 10.1. The number of benzene rings is 1. The Labute approximate surface area is 186 Å². The molecule has 0 radical (unpaired) electrons. The fourth-order valence-electron chi connectivity index (χ4n) is 3.75. The molecule has 0 saturated carbocycles. The Balaban J connectivity index is 0.00000280. The Hall–Kier alpha value is -1.57. The van der Waals surface area contributed by atoms with Crippen LogP contribution in [-0.2, 0) is 13.5 Å². The van der Waals surface area contributed by atoms with Crippen LogP contribution in [0, 0.1) is 0 Å². The van der Waals surface area contributed by atoms with Crippen molar-refractivity contribution in [3.05, 3.63) is 53.9 Å². The number of nitrogens with one attached hydrogen (secondary N) is 1. The number of rotatable bonds is 8. The highest BCUT2D eigenvalue weighted by atomic mass is 127. The highest BCUT2D eigenvalue weighted by molar-refractivity contribution is 14.0. The predicted octanol–water partition coefficient (Wildman–Crippen LogP) is 4.21. The molecule has 0 aliphatic carbocycles. The molecule has 1 unspecified atom stereocenters. The van der Waals surface area contributed by atoms with E-state index in [0.717, 1.165) is 38.6 Å². The molecule has 6 heteroatoms. The summed E-state index contributed by atoms with van der Waals surface area (Å²) >= 11 is 0. The summed E-state index contributed by atoms with van der Waals surface area (Å²) in [6, 6.07) is 10.8. The third-order valence-corrected chi connectivity index (χ3v) is 5.25. The second-order valence-corrected chi connectivity index (χ2v) is 7.41. The molecule has 3 rings (SSSR count). The van der Waals surface area contributed by atoms with E-state index < -0.39 is 0 Å². The van der Waals surface area contributed by atoms with Gasteiger partial charge < -0.3 is 10.2 Å². The second kappa shape index (κ2) is 12.1. The molecule has 2 aromatic rings. The van der Waals surface area contributed by atoms with E-state index in [9.17, 15) is 0 Å². The number of guanidine groups is 1. The number of nitrogens with zero attached hydrogens (tertiary/aromatic N) is 4. The maximum absolute atomic E-state index is 4.88. The van der Waals surface area contributed by atoms with Crippen LogP contribution in [-0.4, -0.2) is 46.8 Å². The van der Waals surface area contributed by atoms with Crippen LogP contribution in [0.1, 0.15) is 49.7 Å². The molecule has 0 amide bonds. The third kappa shape index (κ3) is 6.79. The standard InChI is InChI=1S/C22H33N5.HI/c1-3-23-22(24-14-9-5-8-12-19-10-6-4-7-11-19)27-15-13-20(18-27)21-16-25-26(2)17-21;/h4,6-7,10-11,16-17,20H,3,5,8-9,12-15,18H2,1-2H3,(H,23,24);1H. The number of hydrogen-bond donors (Lipinski definition) is 1. The van der Waals surface area contributed by atoms with Gasteiger partial charge in [0.15, 0.2) is 5.96 Å². The Morgan fingerprint density at radius 3 is 2.75 bits per heavy atom. The summed E-state index contributed by atoms with van der Waals surface area (Å²) in [5, 5.41) is 7.79. The Kier molecular flexibility index (Phi) is 9.81. The first-order valence-electron chi connectivity index (χ1n) is 10.3. The molecule has 1 aromatic heterocycles. The molecule has 0 spiro atoms. The summed E-state index contributed by atoms with van der Waals surface area (Å²) in [6.45, 7) is 6.07. The van der Waals surface area contributed by atoms with Crippen LogP contribution >= 0.6 is 24.0 Å². The highest BCUT2D eigenvalue weighted by Gasteiger charge is 2.26. The number of hydrogen-bond acceptors (Lipinski definition) is 2. The van der Waals surface area contributed by atoms with E-state index in [4.69, 9.17) is 4.99 Å². The van der Waals surface area contributed by atoms with Gasteiger partial charge in [-0.15, -0.1) is 24.0 Å². The van der Waals surface area contributed by atoms with Gasteiger partial charge in [-0.2, -0.15) is 5.10 Å². The smallest absolute Gasteiger partial charge is 0.193 e. The summed E-state index contributed by atoms with van der Waals surface area (Å²) < 4.78 is 1.90. The van der Waals surface area contributed by atoms with E-state index in [2.05, 4.69) is 58.8 Å². The van der Waals surface area contributed by atoms with Crippen LogP contribution < -0.4 is 5.32 Å². The van der Waals surface area contributed by atoms with E-state index in [1.54, 1.807) is 0 Å². The van der Waals surface area contributed by atoms with Crippen LogP contribution in [0.2, 0.25) is 0 Å². The third-order valence-electron chi connectivity index (χ3n) is 5.25. The zero-order chi connectivity index (χ0) is 18.9. The lowest BCUT2D eigenvalue weighted by molar-refractivity contribution is 0.485. The minimum absolute atomic E-state index is 0. The van der Waals surface area contributed by atoms with Crippen molar-refractivity contribution in [2.24, 2.45) is 12.0 Å². The van der Waals surface area contributed by atoms with Crippen molar-refractivity contribution >= 4 is 29.9 Å². The molecule has 0 bridgehead atoms. The zero-order valence-electron chi connectivity index (χ0n) is 17.2. The average molecular weight is 495 g/mol. The minimum atomic E-state index is 0. The van der Waals surface area contributed by atoms with Gasteiger partial charge in [0.1, 0.15) is 0 Å². The van der Waals surface area contributed by atoms with Crippen LogP contribution in [0.3, 0.4) is 0 Å². The summed E-state index contributed by atoms with van der Waals surface area (Å²) in [7, 11) is 1.99.